The van der Waals surface area contributed by atoms with Crippen LogP contribution in [-0.2, 0) is 12.1 Å². The van der Waals surface area contributed by atoms with E-state index in [9.17, 15) is 26.3 Å². The van der Waals surface area contributed by atoms with E-state index in [2.05, 4.69) is 4.98 Å². The molecule has 0 aliphatic heterocycles. The highest BCUT2D eigenvalue weighted by Crippen LogP contribution is 2.34. The van der Waals surface area contributed by atoms with Crippen LogP contribution < -0.4 is 0 Å². The molecule has 0 unspecified atom stereocenters. The fourth-order valence-corrected chi connectivity index (χ4v) is 1.25. The summed E-state index contributed by atoms with van der Waals surface area (Å²) in [4.78, 5) is 2.88. The van der Waals surface area contributed by atoms with Gasteiger partial charge in [-0.25, -0.2) is 18.2 Å². The van der Waals surface area contributed by atoms with E-state index in [0.29, 0.717) is 0 Å². The van der Waals surface area contributed by atoms with Crippen molar-refractivity contribution in [2.45, 2.75) is 18.5 Å². The fourth-order valence-electron chi connectivity index (χ4n) is 1.04. The van der Waals surface area contributed by atoms with Crippen LogP contribution in [-0.4, -0.2) is 4.98 Å². The van der Waals surface area contributed by atoms with E-state index < -0.39 is 41.3 Å². The van der Waals surface area contributed by atoms with Crippen LogP contribution in [0.4, 0.5) is 26.3 Å². The molecule has 0 N–H and O–H groups in total. The Kier molecular flexibility index (Phi) is 3.67. The second-order valence-electron chi connectivity index (χ2n) is 2.78. The van der Waals surface area contributed by atoms with Gasteiger partial charge in [0.1, 0.15) is 5.69 Å². The zero-order valence-corrected chi connectivity index (χ0v) is 8.21. The van der Waals surface area contributed by atoms with Crippen molar-refractivity contribution in [2.24, 2.45) is 0 Å². The molecule has 0 radical (unpaired) electrons. The van der Waals surface area contributed by atoms with Crippen LogP contribution in [0.15, 0.2) is 6.07 Å². The first-order valence-electron chi connectivity index (χ1n) is 3.88. The topological polar surface area (TPSA) is 12.9 Å². The zero-order chi connectivity index (χ0) is 12.5. The summed E-state index contributed by atoms with van der Waals surface area (Å²) in [6.45, 7) is 0. The number of hydrogen-bond acceptors (Lipinski definition) is 1. The monoisotopic (exact) mass is 263 g/mol. The molecule has 1 aromatic heterocycles. The van der Waals surface area contributed by atoms with Gasteiger partial charge in [0.25, 0.3) is 6.43 Å². The second-order valence-corrected chi connectivity index (χ2v) is 3.05. The van der Waals surface area contributed by atoms with Gasteiger partial charge in [0.15, 0.2) is 5.82 Å². The van der Waals surface area contributed by atoms with Gasteiger partial charge in [0, 0.05) is 0 Å². The summed E-state index contributed by atoms with van der Waals surface area (Å²) < 4.78 is 74.0. The van der Waals surface area contributed by atoms with Crippen molar-refractivity contribution >= 4 is 11.6 Å². The van der Waals surface area contributed by atoms with Crippen molar-refractivity contribution in [3.05, 3.63) is 28.8 Å². The maximum atomic E-state index is 12.9. The van der Waals surface area contributed by atoms with Crippen molar-refractivity contribution in [1.82, 2.24) is 4.98 Å². The maximum Gasteiger partial charge on any atom is 0.418 e. The maximum absolute atomic E-state index is 12.9. The number of alkyl halides is 6. The molecule has 0 saturated heterocycles. The van der Waals surface area contributed by atoms with Gasteiger partial charge in [-0.15, -0.1) is 11.6 Å². The smallest absolute Gasteiger partial charge is 0.247 e. The van der Waals surface area contributed by atoms with Gasteiger partial charge in [-0.3, -0.25) is 0 Å². The van der Waals surface area contributed by atoms with Crippen molar-refractivity contribution in [3.8, 4) is 0 Å². The van der Waals surface area contributed by atoms with Crippen LogP contribution in [0.25, 0.3) is 0 Å². The van der Waals surface area contributed by atoms with Gasteiger partial charge in [0.05, 0.1) is 17.1 Å². The third-order valence-corrected chi connectivity index (χ3v) is 1.97. The lowest BCUT2D eigenvalue weighted by Gasteiger charge is -2.12. The lowest BCUT2D eigenvalue weighted by Crippen LogP contribution is -2.13. The Hall–Kier alpha value is -0.980. The van der Waals surface area contributed by atoms with Crippen molar-refractivity contribution in [3.63, 3.8) is 0 Å². The minimum absolute atomic E-state index is 0.0216. The number of nitrogens with zero attached hydrogens (tertiary/aromatic N) is 1. The molecule has 0 fully saturated rings. The first kappa shape index (κ1) is 13.1. The third-order valence-electron chi connectivity index (χ3n) is 1.72. The Morgan fingerprint density at radius 3 is 2.25 bits per heavy atom. The highest BCUT2D eigenvalue weighted by molar-refractivity contribution is 6.17. The van der Waals surface area contributed by atoms with E-state index >= 15 is 0 Å². The predicted octanol–water partition coefficient (Wildman–Crippen LogP) is 3.92. The highest BCUT2D eigenvalue weighted by Gasteiger charge is 2.36. The molecule has 0 atom stereocenters. The van der Waals surface area contributed by atoms with Gasteiger partial charge in [-0.2, -0.15) is 13.2 Å². The minimum atomic E-state index is -4.88. The Morgan fingerprint density at radius 1 is 1.31 bits per heavy atom. The predicted molar refractivity (Wildman–Crippen MR) is 43.7 cm³/mol. The number of hydrogen-bond donors (Lipinski definition) is 0. The summed E-state index contributed by atoms with van der Waals surface area (Å²) in [5.74, 6) is -2.43. The van der Waals surface area contributed by atoms with Crippen molar-refractivity contribution < 1.29 is 26.3 Å². The minimum Gasteiger partial charge on any atom is -0.247 e. The molecule has 0 saturated carbocycles. The van der Waals surface area contributed by atoms with Gasteiger partial charge in [-0.1, -0.05) is 0 Å². The van der Waals surface area contributed by atoms with E-state index in [0.717, 1.165) is 0 Å². The van der Waals surface area contributed by atoms with Crippen molar-refractivity contribution in [1.29, 1.82) is 0 Å². The Balaban J connectivity index is 3.38. The molecular formula is C8H4ClF6N. The zero-order valence-electron chi connectivity index (χ0n) is 7.45. The number of halogens is 7. The second kappa shape index (κ2) is 4.48. The SMILES string of the molecule is Fc1cc(C(F)(F)F)c(CCl)nc1C(F)F. The van der Waals surface area contributed by atoms with E-state index in [1.165, 1.54) is 0 Å². The molecule has 0 aromatic carbocycles. The van der Waals surface area contributed by atoms with Crippen molar-refractivity contribution in [2.75, 3.05) is 0 Å². The third kappa shape index (κ3) is 2.58. The van der Waals surface area contributed by atoms with Crippen LogP contribution in [0.2, 0.25) is 0 Å². The molecule has 1 aromatic rings. The summed E-state index contributed by atoms with van der Waals surface area (Å²) in [5, 5.41) is 0. The molecule has 1 heterocycles. The molecular weight excluding hydrogens is 260 g/mol. The average Bonchev–Trinajstić information content (AvgIpc) is 2.15. The molecule has 0 aliphatic carbocycles. The summed E-state index contributed by atoms with van der Waals surface area (Å²) in [6.07, 6.45) is -8.16. The van der Waals surface area contributed by atoms with E-state index in [1.54, 1.807) is 0 Å². The molecule has 0 aliphatic rings. The van der Waals surface area contributed by atoms with Gasteiger partial charge in [0.2, 0.25) is 0 Å². The summed E-state index contributed by atoms with van der Waals surface area (Å²) in [5.41, 5.74) is -3.58. The van der Waals surface area contributed by atoms with E-state index in [4.69, 9.17) is 11.6 Å². The lowest BCUT2D eigenvalue weighted by molar-refractivity contribution is -0.138. The number of pyridine rings is 1. The molecule has 8 heteroatoms. The van der Waals surface area contributed by atoms with E-state index in [1.807, 2.05) is 0 Å². The molecule has 1 nitrogen and oxygen atoms in total. The average molecular weight is 264 g/mol. The standard InChI is InChI=1S/C8H4ClF6N/c9-2-5-3(8(13,14)15)1-4(10)6(16-5)7(11)12/h1,7H,2H2. The summed E-state index contributed by atoms with van der Waals surface area (Å²) in [7, 11) is 0. The largest absolute Gasteiger partial charge is 0.418 e. The molecule has 0 amide bonds. The number of aromatic nitrogens is 1. The number of rotatable bonds is 2. The Morgan fingerprint density at radius 2 is 1.88 bits per heavy atom. The summed E-state index contributed by atoms with van der Waals surface area (Å²) in [6, 6.07) is -0.0216. The fraction of sp³-hybridized carbons (Fsp3) is 0.375. The Labute approximate surface area is 91.0 Å². The normalized spacial score (nSPS) is 12.2. The molecule has 0 bridgehead atoms. The lowest BCUT2D eigenvalue weighted by atomic mass is 10.1. The molecule has 90 valence electrons. The van der Waals surface area contributed by atoms with E-state index in [-0.39, 0.29) is 6.07 Å². The first-order chi connectivity index (χ1) is 7.27. The molecule has 0 spiro atoms. The van der Waals surface area contributed by atoms with Crippen LogP contribution in [0.3, 0.4) is 0 Å². The summed E-state index contributed by atoms with van der Waals surface area (Å²) >= 11 is 5.14. The quantitative estimate of drug-likeness (QED) is 0.582. The molecule has 1 rings (SSSR count). The van der Waals surface area contributed by atoms with Gasteiger partial charge in [-0.05, 0) is 6.07 Å². The first-order valence-corrected chi connectivity index (χ1v) is 4.41. The molecule has 16 heavy (non-hydrogen) atoms. The van der Waals surface area contributed by atoms with Crippen LogP contribution in [0, 0.1) is 5.82 Å². The highest BCUT2D eigenvalue weighted by atomic mass is 35.5. The van der Waals surface area contributed by atoms with Gasteiger partial charge < -0.3 is 0 Å². The van der Waals surface area contributed by atoms with Crippen LogP contribution >= 0.6 is 11.6 Å². The van der Waals surface area contributed by atoms with Crippen LogP contribution in [0.5, 0.6) is 0 Å². The Bertz CT molecular complexity index is 389. The van der Waals surface area contributed by atoms with Crippen LogP contribution in [0.1, 0.15) is 23.4 Å². The van der Waals surface area contributed by atoms with Gasteiger partial charge >= 0.3 is 6.18 Å².